The maximum Gasteiger partial charge on any atom is 0.333 e. The fourth-order valence-electron chi connectivity index (χ4n) is 5.97. The van der Waals surface area contributed by atoms with Crippen molar-refractivity contribution in [2.75, 3.05) is 0 Å². The van der Waals surface area contributed by atoms with Gasteiger partial charge in [0.05, 0.1) is 51.5 Å². The van der Waals surface area contributed by atoms with Crippen LogP contribution in [0.5, 0.6) is 0 Å². The summed E-state index contributed by atoms with van der Waals surface area (Å²) >= 11 is 6.05. The number of amides is 1. The first-order valence-electron chi connectivity index (χ1n) is 14.2. The van der Waals surface area contributed by atoms with Gasteiger partial charge in [0.25, 0.3) is 5.91 Å². The number of carbonyl (C=O) groups is 1. The fourth-order valence-corrected chi connectivity index (χ4v) is 6.13. The number of pyridine rings is 2. The third kappa shape index (κ3) is 5.47. The molecule has 1 aliphatic carbocycles. The highest BCUT2D eigenvalue weighted by molar-refractivity contribution is 6.30. The van der Waals surface area contributed by atoms with Crippen LogP contribution in [0, 0.1) is 12.8 Å². The molecule has 0 radical (unpaired) electrons. The van der Waals surface area contributed by atoms with Crippen LogP contribution in [0.25, 0.3) is 28.0 Å². The zero-order valence-electron chi connectivity index (χ0n) is 23.3. The summed E-state index contributed by atoms with van der Waals surface area (Å²) in [5, 5.41) is 13.3. The van der Waals surface area contributed by atoms with Gasteiger partial charge < -0.3 is 10.4 Å². The molecule has 0 atom stereocenters. The molecule has 1 amide bonds. The normalized spacial score (nSPS) is 16.9. The van der Waals surface area contributed by atoms with Crippen LogP contribution >= 0.6 is 11.6 Å². The Morgan fingerprint density at radius 2 is 1.71 bits per heavy atom. The van der Waals surface area contributed by atoms with E-state index >= 15 is 0 Å². The summed E-state index contributed by atoms with van der Waals surface area (Å²) in [5.74, 6) is 0.171. The third-order valence-electron chi connectivity index (χ3n) is 8.23. The molecule has 0 aliphatic heterocycles. The van der Waals surface area contributed by atoms with Gasteiger partial charge in [-0.1, -0.05) is 48.0 Å². The number of carbonyl (C=O) groups excluding carboxylic acids is 1. The van der Waals surface area contributed by atoms with Crippen LogP contribution in [0.4, 0.5) is 0 Å². The van der Waals surface area contributed by atoms with Crippen molar-refractivity contribution in [2.45, 2.75) is 51.8 Å². The number of rotatable bonds is 7. The smallest absolute Gasteiger partial charge is 0.333 e. The molecule has 1 aliphatic rings. The van der Waals surface area contributed by atoms with E-state index in [1.165, 1.54) is 0 Å². The van der Waals surface area contributed by atoms with E-state index in [9.17, 15) is 14.7 Å². The average molecular weight is 582 g/mol. The molecule has 1 fully saturated rings. The Morgan fingerprint density at radius 1 is 0.976 bits per heavy atom. The molecule has 0 saturated heterocycles. The zero-order chi connectivity index (χ0) is 29.2. The Labute approximate surface area is 248 Å². The van der Waals surface area contributed by atoms with Gasteiger partial charge in [-0.25, -0.2) is 4.79 Å². The lowest BCUT2D eigenvalue weighted by Crippen LogP contribution is -2.39. The zero-order valence-corrected chi connectivity index (χ0v) is 24.1. The van der Waals surface area contributed by atoms with Crippen molar-refractivity contribution in [3.63, 3.8) is 0 Å². The summed E-state index contributed by atoms with van der Waals surface area (Å²) in [6.45, 7) is 2.34. The van der Waals surface area contributed by atoms with Gasteiger partial charge >= 0.3 is 5.69 Å². The number of nitrogens with one attached hydrogen (secondary N) is 1. The minimum Gasteiger partial charge on any atom is -0.392 e. The largest absolute Gasteiger partial charge is 0.392 e. The van der Waals surface area contributed by atoms with Gasteiger partial charge in [-0.05, 0) is 74.4 Å². The van der Waals surface area contributed by atoms with E-state index in [1.807, 2.05) is 65.2 Å². The highest BCUT2D eigenvalue weighted by Gasteiger charge is 2.26. The van der Waals surface area contributed by atoms with E-state index in [0.29, 0.717) is 34.4 Å². The molecule has 1 saturated carbocycles. The van der Waals surface area contributed by atoms with Crippen LogP contribution in [-0.4, -0.2) is 36.2 Å². The topological polar surface area (TPSA) is 102 Å². The van der Waals surface area contributed by atoms with Crippen LogP contribution in [0.1, 0.15) is 47.3 Å². The van der Waals surface area contributed by atoms with Crippen LogP contribution in [0.3, 0.4) is 0 Å². The van der Waals surface area contributed by atoms with Gasteiger partial charge in [-0.3, -0.25) is 23.9 Å². The van der Waals surface area contributed by atoms with Crippen molar-refractivity contribution in [3.05, 3.63) is 111 Å². The Hall–Kier alpha value is -4.27. The number of fused-ring (bicyclic) bond motifs is 1. The molecule has 214 valence electrons. The van der Waals surface area contributed by atoms with Crippen LogP contribution in [0.2, 0.25) is 5.02 Å². The van der Waals surface area contributed by atoms with E-state index in [0.717, 1.165) is 53.5 Å². The van der Waals surface area contributed by atoms with Crippen molar-refractivity contribution in [1.29, 1.82) is 0 Å². The van der Waals surface area contributed by atoms with Crippen molar-refractivity contribution in [2.24, 2.45) is 5.92 Å². The number of aromatic nitrogens is 4. The van der Waals surface area contributed by atoms with E-state index in [-0.39, 0.29) is 24.2 Å². The Kier molecular flexibility index (Phi) is 7.91. The Morgan fingerprint density at radius 3 is 2.45 bits per heavy atom. The average Bonchev–Trinajstić information content (AvgIpc) is 3.30. The van der Waals surface area contributed by atoms with Gasteiger partial charge in [0.15, 0.2) is 0 Å². The summed E-state index contributed by atoms with van der Waals surface area (Å²) in [5.41, 5.74) is 5.88. The minimum absolute atomic E-state index is 0.0696. The van der Waals surface area contributed by atoms with Gasteiger partial charge in [-0.15, -0.1) is 0 Å². The lowest BCUT2D eigenvalue weighted by atomic mass is 9.85. The van der Waals surface area contributed by atoms with E-state index in [1.54, 1.807) is 30.0 Å². The first-order valence-corrected chi connectivity index (χ1v) is 14.6. The second kappa shape index (κ2) is 11.9. The summed E-state index contributed by atoms with van der Waals surface area (Å²) in [6.07, 6.45) is 6.76. The molecule has 5 aromatic rings. The first-order chi connectivity index (χ1) is 20.4. The SMILES string of the molecule is Cc1ncc(Cl)cc1C(=O)NC1CCC(Cn2c(=O)n(-c3ccc(-c4ccccc4CO)nc3)c3ccccc32)CC1. The van der Waals surface area contributed by atoms with Crippen LogP contribution < -0.4 is 11.0 Å². The quantitative estimate of drug-likeness (QED) is 0.257. The summed E-state index contributed by atoms with van der Waals surface area (Å²) in [4.78, 5) is 35.5. The molecular formula is C33H32ClN5O3. The maximum absolute atomic E-state index is 13.8. The number of aliphatic hydroxyl groups excluding tert-OH is 1. The molecule has 0 unspecified atom stereocenters. The van der Waals surface area contributed by atoms with Crippen LogP contribution in [0.15, 0.2) is 83.9 Å². The number of nitrogens with zero attached hydrogens (tertiary/aromatic N) is 4. The number of benzene rings is 2. The number of hydrogen-bond acceptors (Lipinski definition) is 5. The van der Waals surface area contributed by atoms with Gasteiger partial charge in [0.2, 0.25) is 0 Å². The first kappa shape index (κ1) is 27.9. The predicted molar refractivity (Wildman–Crippen MR) is 164 cm³/mol. The number of imidazole rings is 1. The van der Waals surface area contributed by atoms with E-state index in [4.69, 9.17) is 11.6 Å². The second-order valence-electron chi connectivity index (χ2n) is 10.9. The lowest BCUT2D eigenvalue weighted by Gasteiger charge is -2.29. The number of aliphatic hydroxyl groups is 1. The molecular weight excluding hydrogens is 550 g/mol. The lowest BCUT2D eigenvalue weighted by molar-refractivity contribution is 0.0919. The van der Waals surface area contributed by atoms with Crippen LogP contribution in [-0.2, 0) is 13.2 Å². The molecule has 3 aromatic heterocycles. The van der Waals surface area contributed by atoms with Crippen molar-refractivity contribution in [3.8, 4) is 16.9 Å². The molecule has 0 spiro atoms. The van der Waals surface area contributed by atoms with E-state index in [2.05, 4.69) is 15.3 Å². The van der Waals surface area contributed by atoms with Crippen molar-refractivity contribution in [1.82, 2.24) is 24.4 Å². The second-order valence-corrected chi connectivity index (χ2v) is 11.3. The number of hydrogen-bond donors (Lipinski definition) is 2. The maximum atomic E-state index is 13.8. The molecule has 2 N–H and O–H groups in total. The molecule has 6 rings (SSSR count). The van der Waals surface area contributed by atoms with Crippen molar-refractivity contribution >= 4 is 28.5 Å². The fraction of sp³-hybridized carbons (Fsp3) is 0.273. The molecule has 3 heterocycles. The summed E-state index contributed by atoms with van der Waals surface area (Å²) in [6, 6.07) is 21.0. The van der Waals surface area contributed by atoms with Gasteiger partial charge in [0, 0.05) is 24.3 Å². The monoisotopic (exact) mass is 581 g/mol. The minimum atomic E-state index is -0.148. The molecule has 9 heteroatoms. The molecule has 42 heavy (non-hydrogen) atoms. The highest BCUT2D eigenvalue weighted by atomic mass is 35.5. The predicted octanol–water partition coefficient (Wildman–Crippen LogP) is 5.69. The van der Waals surface area contributed by atoms with Gasteiger partial charge in [-0.2, -0.15) is 0 Å². The summed E-state index contributed by atoms with van der Waals surface area (Å²) < 4.78 is 3.59. The number of para-hydroxylation sites is 2. The van der Waals surface area contributed by atoms with Crippen molar-refractivity contribution < 1.29 is 9.90 Å². The standard InChI is InChI=1S/C33H32ClN5O3/c1-21-28(16-24(34)17-35-21)32(41)37-25-12-10-22(11-13-25)19-38-30-8-4-5-9-31(30)39(33(38)42)26-14-15-29(36-18-26)27-7-3-2-6-23(27)20-40/h2-9,14-18,22,25,40H,10-13,19-20H2,1H3,(H,37,41). The highest BCUT2D eigenvalue weighted by Crippen LogP contribution is 2.28. The molecule has 8 nitrogen and oxygen atoms in total. The molecule has 2 aromatic carbocycles. The third-order valence-corrected chi connectivity index (χ3v) is 8.43. The number of halogens is 1. The Balaban J connectivity index is 1.19. The molecule has 0 bridgehead atoms. The van der Waals surface area contributed by atoms with Gasteiger partial charge in [0.1, 0.15) is 0 Å². The summed E-state index contributed by atoms with van der Waals surface area (Å²) in [7, 11) is 0. The Bertz CT molecular complexity index is 1800. The number of aryl methyl sites for hydroxylation is 1. The van der Waals surface area contributed by atoms with E-state index < -0.39 is 0 Å².